The number of hydrogen-bond acceptors (Lipinski definition) is 4. The Morgan fingerprint density at radius 2 is 2.20 bits per heavy atom. The van der Waals surface area contributed by atoms with Gasteiger partial charge in [0.2, 0.25) is 0 Å². The number of hydrogen-bond donors (Lipinski definition) is 1. The summed E-state index contributed by atoms with van der Waals surface area (Å²) >= 11 is 7.20. The Morgan fingerprint density at radius 1 is 1.40 bits per heavy atom. The Kier molecular flexibility index (Phi) is 2.98. The molecule has 2 aliphatic heterocycles. The van der Waals surface area contributed by atoms with Crippen molar-refractivity contribution in [1.82, 2.24) is 9.55 Å². The van der Waals surface area contributed by atoms with Gasteiger partial charge in [-0.3, -0.25) is 4.57 Å². The van der Waals surface area contributed by atoms with Crippen LogP contribution in [-0.4, -0.2) is 33.5 Å². The molecule has 0 radical (unpaired) electrons. The van der Waals surface area contributed by atoms with Gasteiger partial charge in [0.05, 0.1) is 17.6 Å². The highest BCUT2D eigenvalue weighted by atomic mass is 79.9. The molecule has 4 rings (SSSR count). The highest BCUT2D eigenvalue weighted by Crippen LogP contribution is 2.40. The van der Waals surface area contributed by atoms with E-state index in [1.54, 1.807) is 0 Å². The van der Waals surface area contributed by atoms with E-state index in [1.165, 1.54) is 0 Å². The van der Waals surface area contributed by atoms with E-state index in [0.29, 0.717) is 13.2 Å². The predicted molar refractivity (Wildman–Crippen MR) is 79.4 cm³/mol. The van der Waals surface area contributed by atoms with Gasteiger partial charge < -0.3 is 14.6 Å². The lowest BCUT2D eigenvalue weighted by Gasteiger charge is -2.28. The van der Waals surface area contributed by atoms with E-state index in [9.17, 15) is 5.11 Å². The fourth-order valence-electron chi connectivity index (χ4n) is 2.87. The number of aromatic nitrogens is 2. The van der Waals surface area contributed by atoms with Crippen molar-refractivity contribution in [3.63, 3.8) is 0 Å². The molecule has 0 saturated carbocycles. The molecule has 1 aromatic heterocycles. The largest absolute Gasteiger partial charge is 0.388 e. The third-order valence-electron chi connectivity index (χ3n) is 3.93. The van der Waals surface area contributed by atoms with Crippen LogP contribution in [-0.2, 0) is 16.1 Å². The Bertz CT molecular complexity index is 715. The molecular formula is C13H12Br2N2O3. The van der Waals surface area contributed by atoms with Gasteiger partial charge in [0.1, 0.15) is 24.6 Å². The highest BCUT2D eigenvalue weighted by Gasteiger charge is 2.43. The maximum absolute atomic E-state index is 9.92. The number of halogens is 2. The summed E-state index contributed by atoms with van der Waals surface area (Å²) in [6, 6.07) is 2.00. The van der Waals surface area contributed by atoms with E-state index in [1.807, 2.05) is 17.6 Å². The SMILES string of the molecule is Cc1c(Br)cc2nc3n(c2c1Br)[C@H]1OC[C@@H](O)[C@H]1OC3. The molecule has 106 valence electrons. The molecule has 1 fully saturated rings. The van der Waals surface area contributed by atoms with Gasteiger partial charge in [-0.05, 0) is 34.5 Å². The monoisotopic (exact) mass is 402 g/mol. The fraction of sp³-hybridized carbons (Fsp3) is 0.462. The van der Waals surface area contributed by atoms with Crippen LogP contribution in [0, 0.1) is 6.92 Å². The number of aliphatic hydroxyl groups is 1. The van der Waals surface area contributed by atoms with Crippen LogP contribution >= 0.6 is 31.9 Å². The number of fused-ring (bicyclic) bond motifs is 5. The van der Waals surface area contributed by atoms with Crippen molar-refractivity contribution in [1.29, 1.82) is 0 Å². The smallest absolute Gasteiger partial charge is 0.164 e. The van der Waals surface area contributed by atoms with Crippen LogP contribution in [0.5, 0.6) is 0 Å². The molecule has 0 amide bonds. The number of nitrogens with zero attached hydrogens (tertiary/aromatic N) is 2. The zero-order valence-electron chi connectivity index (χ0n) is 10.6. The summed E-state index contributed by atoms with van der Waals surface area (Å²) in [7, 11) is 0. The quantitative estimate of drug-likeness (QED) is 0.734. The maximum atomic E-state index is 9.92. The molecule has 0 bridgehead atoms. The lowest BCUT2D eigenvalue weighted by Crippen LogP contribution is -2.36. The molecule has 1 aromatic carbocycles. The summed E-state index contributed by atoms with van der Waals surface area (Å²) in [6.45, 7) is 2.72. The number of imidazole rings is 1. The van der Waals surface area contributed by atoms with Crippen LogP contribution in [0.4, 0.5) is 0 Å². The first-order valence-electron chi connectivity index (χ1n) is 6.34. The minimum atomic E-state index is -0.582. The molecule has 3 heterocycles. The standard InChI is InChI=1S/C13H12Br2N2O3/c1-5-6(14)2-7-11(10(5)15)17-9(16-7)4-19-12-8(18)3-20-13(12)17/h2,8,12-13,18H,3-4H2,1H3/t8-,12-,13+/m1/s1. The van der Waals surface area contributed by atoms with E-state index in [2.05, 4.69) is 36.8 Å². The Balaban J connectivity index is 2.01. The van der Waals surface area contributed by atoms with Gasteiger partial charge >= 0.3 is 0 Å². The fourth-order valence-corrected chi connectivity index (χ4v) is 4.16. The molecule has 5 nitrogen and oxygen atoms in total. The summed E-state index contributed by atoms with van der Waals surface area (Å²) < 4.78 is 15.4. The molecule has 1 saturated heterocycles. The Morgan fingerprint density at radius 3 is 3.00 bits per heavy atom. The second kappa shape index (κ2) is 4.51. The number of aliphatic hydroxyl groups excluding tert-OH is 1. The minimum absolute atomic E-state index is 0.293. The van der Waals surface area contributed by atoms with Crippen molar-refractivity contribution >= 4 is 42.9 Å². The van der Waals surface area contributed by atoms with Gasteiger partial charge in [-0.15, -0.1) is 0 Å². The van der Waals surface area contributed by atoms with Crippen molar-refractivity contribution in [2.24, 2.45) is 0 Å². The summed E-state index contributed by atoms with van der Waals surface area (Å²) in [5, 5.41) is 9.92. The first-order valence-corrected chi connectivity index (χ1v) is 7.93. The van der Waals surface area contributed by atoms with Crippen molar-refractivity contribution in [2.75, 3.05) is 6.61 Å². The predicted octanol–water partition coefficient (Wildman–Crippen LogP) is 2.66. The van der Waals surface area contributed by atoms with Gasteiger partial charge in [0.25, 0.3) is 0 Å². The van der Waals surface area contributed by atoms with Gasteiger partial charge in [0, 0.05) is 8.95 Å². The first kappa shape index (κ1) is 13.2. The van der Waals surface area contributed by atoms with E-state index in [0.717, 1.165) is 31.4 Å². The molecular weight excluding hydrogens is 392 g/mol. The van der Waals surface area contributed by atoms with E-state index in [4.69, 9.17) is 9.47 Å². The van der Waals surface area contributed by atoms with Crippen LogP contribution in [0.25, 0.3) is 11.0 Å². The Hall–Kier alpha value is -0.470. The van der Waals surface area contributed by atoms with Crippen LogP contribution in [0.1, 0.15) is 17.6 Å². The van der Waals surface area contributed by atoms with Crippen molar-refractivity contribution in [3.8, 4) is 0 Å². The minimum Gasteiger partial charge on any atom is -0.388 e. The van der Waals surface area contributed by atoms with Crippen LogP contribution in [0.3, 0.4) is 0 Å². The molecule has 1 N–H and O–H groups in total. The molecule has 7 heteroatoms. The molecule has 0 spiro atoms. The van der Waals surface area contributed by atoms with Crippen molar-refractivity contribution in [3.05, 3.63) is 26.4 Å². The normalized spacial score (nSPS) is 28.7. The number of benzene rings is 1. The molecule has 0 unspecified atom stereocenters. The summed E-state index contributed by atoms with van der Waals surface area (Å²) in [5.74, 6) is 0.827. The molecule has 3 atom stereocenters. The highest BCUT2D eigenvalue weighted by molar-refractivity contribution is 9.11. The third kappa shape index (κ3) is 1.67. The molecule has 0 aliphatic carbocycles. The summed E-state index contributed by atoms with van der Waals surface area (Å²) in [6.07, 6.45) is -1.22. The lowest BCUT2D eigenvalue weighted by atomic mass is 10.2. The van der Waals surface area contributed by atoms with E-state index >= 15 is 0 Å². The zero-order valence-corrected chi connectivity index (χ0v) is 13.8. The van der Waals surface area contributed by atoms with Crippen LogP contribution in [0.2, 0.25) is 0 Å². The average Bonchev–Trinajstić information content (AvgIpc) is 2.96. The lowest BCUT2D eigenvalue weighted by molar-refractivity contribution is -0.0969. The molecule has 2 aromatic rings. The topological polar surface area (TPSA) is 56.5 Å². The van der Waals surface area contributed by atoms with Crippen LogP contribution in [0.15, 0.2) is 15.0 Å². The van der Waals surface area contributed by atoms with Gasteiger partial charge in [-0.1, -0.05) is 15.9 Å². The summed E-state index contributed by atoms with van der Waals surface area (Å²) in [4.78, 5) is 4.62. The second-order valence-corrected chi connectivity index (χ2v) is 6.78. The van der Waals surface area contributed by atoms with Gasteiger partial charge in [-0.25, -0.2) is 4.98 Å². The third-order valence-corrected chi connectivity index (χ3v) is 5.72. The zero-order chi connectivity index (χ0) is 14.0. The van der Waals surface area contributed by atoms with Crippen molar-refractivity contribution in [2.45, 2.75) is 32.0 Å². The number of ether oxygens (including phenoxy) is 2. The molecule has 20 heavy (non-hydrogen) atoms. The number of rotatable bonds is 0. The van der Waals surface area contributed by atoms with Gasteiger partial charge in [-0.2, -0.15) is 0 Å². The first-order chi connectivity index (χ1) is 9.58. The second-order valence-electron chi connectivity index (χ2n) is 5.13. The average molecular weight is 404 g/mol. The Labute approximate surface area is 132 Å². The summed E-state index contributed by atoms with van der Waals surface area (Å²) in [5.41, 5.74) is 2.99. The molecule has 2 aliphatic rings. The van der Waals surface area contributed by atoms with Crippen molar-refractivity contribution < 1.29 is 14.6 Å². The van der Waals surface area contributed by atoms with Crippen LogP contribution < -0.4 is 0 Å². The van der Waals surface area contributed by atoms with Gasteiger partial charge in [0.15, 0.2) is 6.23 Å². The van der Waals surface area contributed by atoms with E-state index in [-0.39, 0.29) is 12.3 Å². The maximum Gasteiger partial charge on any atom is 0.164 e. The van der Waals surface area contributed by atoms with E-state index < -0.39 is 6.10 Å².